The number of imide groups is 1. The zero-order valence-corrected chi connectivity index (χ0v) is 13.1. The van der Waals surface area contributed by atoms with E-state index in [0.717, 1.165) is 15.6 Å². The van der Waals surface area contributed by atoms with Gasteiger partial charge in [-0.3, -0.25) is 9.59 Å². The van der Waals surface area contributed by atoms with Gasteiger partial charge in [-0.25, -0.2) is 9.58 Å². The van der Waals surface area contributed by atoms with Crippen molar-refractivity contribution in [2.75, 3.05) is 4.90 Å². The summed E-state index contributed by atoms with van der Waals surface area (Å²) in [7, 11) is 0. The molecule has 4 rings (SSSR count). The minimum Gasteiger partial charge on any atom is -0.268 e. The second-order valence-electron chi connectivity index (χ2n) is 5.65. The molecule has 0 aliphatic carbocycles. The predicted molar refractivity (Wildman–Crippen MR) is 86.1 cm³/mol. The minimum atomic E-state index is -4.52. The zero-order valence-electron chi connectivity index (χ0n) is 13.1. The SMILES string of the molecule is O=C1c2ccccc2C(=O)N1c1ccc(-n2ccc(C(F)(F)F)n2)cc1. The van der Waals surface area contributed by atoms with Crippen molar-refractivity contribution in [1.82, 2.24) is 9.78 Å². The molecule has 0 saturated heterocycles. The van der Waals surface area contributed by atoms with Crippen molar-refractivity contribution in [3.8, 4) is 5.69 Å². The number of alkyl halides is 3. The fraction of sp³-hybridized carbons (Fsp3) is 0.0556. The van der Waals surface area contributed by atoms with Gasteiger partial charge in [0, 0.05) is 6.20 Å². The van der Waals surface area contributed by atoms with Crippen LogP contribution in [0.4, 0.5) is 18.9 Å². The summed E-state index contributed by atoms with van der Waals surface area (Å²) in [6.45, 7) is 0. The van der Waals surface area contributed by atoms with Gasteiger partial charge in [0.1, 0.15) is 0 Å². The Balaban J connectivity index is 1.64. The lowest BCUT2D eigenvalue weighted by Gasteiger charge is -2.14. The number of amides is 2. The molecule has 5 nitrogen and oxygen atoms in total. The molecule has 0 bridgehead atoms. The lowest BCUT2D eigenvalue weighted by Crippen LogP contribution is -2.29. The number of rotatable bonds is 2. The molecule has 0 unspecified atom stereocenters. The Morgan fingerprint density at radius 3 is 1.81 bits per heavy atom. The highest BCUT2D eigenvalue weighted by Crippen LogP contribution is 2.30. The fourth-order valence-corrected chi connectivity index (χ4v) is 2.80. The second kappa shape index (κ2) is 5.55. The minimum absolute atomic E-state index is 0.323. The molecular weight excluding hydrogens is 347 g/mol. The fourth-order valence-electron chi connectivity index (χ4n) is 2.80. The Morgan fingerprint density at radius 2 is 1.31 bits per heavy atom. The van der Waals surface area contributed by atoms with Crippen LogP contribution in [0, 0.1) is 0 Å². The van der Waals surface area contributed by atoms with E-state index >= 15 is 0 Å². The van der Waals surface area contributed by atoms with Crippen LogP contribution in [0.1, 0.15) is 26.4 Å². The molecule has 0 radical (unpaired) electrons. The number of fused-ring (bicyclic) bond motifs is 1. The van der Waals surface area contributed by atoms with Gasteiger partial charge in [0.15, 0.2) is 5.69 Å². The van der Waals surface area contributed by atoms with Crippen molar-refractivity contribution < 1.29 is 22.8 Å². The van der Waals surface area contributed by atoms with Crippen LogP contribution in [0.15, 0.2) is 60.8 Å². The van der Waals surface area contributed by atoms with Gasteiger partial charge in [0.2, 0.25) is 0 Å². The Morgan fingerprint density at radius 1 is 0.769 bits per heavy atom. The Bertz CT molecular complexity index is 988. The molecule has 0 saturated carbocycles. The maximum absolute atomic E-state index is 12.6. The summed E-state index contributed by atoms with van der Waals surface area (Å²) in [6, 6.07) is 13.3. The van der Waals surface area contributed by atoms with Gasteiger partial charge in [-0.15, -0.1) is 0 Å². The summed E-state index contributed by atoms with van der Waals surface area (Å²) in [5.41, 5.74) is 0.359. The highest BCUT2D eigenvalue weighted by molar-refractivity contribution is 6.34. The molecule has 0 atom stereocenters. The first kappa shape index (κ1) is 16.1. The van der Waals surface area contributed by atoms with E-state index in [1.54, 1.807) is 24.3 Å². The van der Waals surface area contributed by atoms with Gasteiger partial charge in [-0.05, 0) is 42.5 Å². The van der Waals surface area contributed by atoms with Crippen molar-refractivity contribution in [1.29, 1.82) is 0 Å². The Kier molecular flexibility index (Phi) is 3.43. The summed E-state index contributed by atoms with van der Waals surface area (Å²) in [5.74, 6) is -0.867. The van der Waals surface area contributed by atoms with E-state index in [1.807, 2.05) is 0 Å². The lowest BCUT2D eigenvalue weighted by atomic mass is 10.1. The quantitative estimate of drug-likeness (QED) is 0.658. The Labute approximate surface area is 145 Å². The van der Waals surface area contributed by atoms with Crippen LogP contribution in [0.5, 0.6) is 0 Å². The third kappa shape index (κ3) is 2.46. The highest BCUT2D eigenvalue weighted by Gasteiger charge is 2.36. The molecule has 8 heteroatoms. The number of aromatic nitrogens is 2. The van der Waals surface area contributed by atoms with Gasteiger partial charge in [-0.1, -0.05) is 12.1 Å². The second-order valence-corrected chi connectivity index (χ2v) is 5.65. The number of carbonyl (C=O) groups is 2. The van der Waals surface area contributed by atoms with Gasteiger partial charge < -0.3 is 0 Å². The summed E-state index contributed by atoms with van der Waals surface area (Å²) in [4.78, 5) is 25.9. The van der Waals surface area contributed by atoms with Gasteiger partial charge >= 0.3 is 6.18 Å². The number of benzene rings is 2. The number of hydrogen-bond donors (Lipinski definition) is 0. The predicted octanol–water partition coefficient (Wildman–Crippen LogP) is 3.69. The smallest absolute Gasteiger partial charge is 0.268 e. The summed E-state index contributed by atoms with van der Waals surface area (Å²) in [5, 5.41) is 3.49. The average Bonchev–Trinajstić information content (AvgIpc) is 3.21. The number of anilines is 1. The summed E-state index contributed by atoms with van der Waals surface area (Å²) in [6.07, 6.45) is -3.33. The summed E-state index contributed by atoms with van der Waals surface area (Å²) >= 11 is 0. The maximum atomic E-state index is 12.6. The van der Waals surface area contributed by atoms with E-state index in [2.05, 4.69) is 5.10 Å². The van der Waals surface area contributed by atoms with Crippen molar-refractivity contribution in [2.45, 2.75) is 6.18 Å². The van der Waals surface area contributed by atoms with E-state index in [9.17, 15) is 22.8 Å². The third-order valence-electron chi connectivity index (χ3n) is 4.05. The summed E-state index contributed by atoms with van der Waals surface area (Å²) < 4.78 is 39.0. The van der Waals surface area contributed by atoms with Crippen LogP contribution in [0.2, 0.25) is 0 Å². The molecule has 26 heavy (non-hydrogen) atoms. The molecule has 0 N–H and O–H groups in total. The van der Waals surface area contributed by atoms with Crippen LogP contribution in [0.25, 0.3) is 5.69 Å². The number of nitrogens with zero attached hydrogens (tertiary/aromatic N) is 3. The van der Waals surface area contributed by atoms with E-state index in [-0.39, 0.29) is 0 Å². The van der Waals surface area contributed by atoms with E-state index in [1.165, 1.54) is 30.5 Å². The van der Waals surface area contributed by atoms with Crippen molar-refractivity contribution in [3.63, 3.8) is 0 Å². The van der Waals surface area contributed by atoms with Gasteiger partial charge in [0.25, 0.3) is 11.8 Å². The molecule has 1 aliphatic rings. The molecule has 2 aromatic carbocycles. The van der Waals surface area contributed by atoms with Crippen LogP contribution in [-0.4, -0.2) is 21.6 Å². The lowest BCUT2D eigenvalue weighted by molar-refractivity contribution is -0.141. The van der Waals surface area contributed by atoms with Crippen molar-refractivity contribution >= 4 is 17.5 Å². The Hall–Kier alpha value is -3.42. The number of halogens is 3. The van der Waals surface area contributed by atoms with Gasteiger partial charge in [0.05, 0.1) is 22.5 Å². The molecule has 1 aliphatic heterocycles. The van der Waals surface area contributed by atoms with Crippen LogP contribution in [0.3, 0.4) is 0 Å². The molecule has 0 spiro atoms. The van der Waals surface area contributed by atoms with Crippen LogP contribution < -0.4 is 4.90 Å². The van der Waals surface area contributed by atoms with E-state index < -0.39 is 23.7 Å². The van der Waals surface area contributed by atoms with Crippen molar-refractivity contribution in [2.24, 2.45) is 0 Å². The van der Waals surface area contributed by atoms with E-state index in [0.29, 0.717) is 22.5 Å². The average molecular weight is 357 g/mol. The third-order valence-corrected chi connectivity index (χ3v) is 4.05. The van der Waals surface area contributed by atoms with Crippen LogP contribution in [-0.2, 0) is 6.18 Å². The highest BCUT2D eigenvalue weighted by atomic mass is 19.4. The molecule has 2 amide bonds. The molecule has 3 aromatic rings. The molecule has 0 fully saturated rings. The topological polar surface area (TPSA) is 55.2 Å². The maximum Gasteiger partial charge on any atom is 0.435 e. The van der Waals surface area contributed by atoms with E-state index in [4.69, 9.17) is 0 Å². The van der Waals surface area contributed by atoms with Crippen LogP contribution >= 0.6 is 0 Å². The molecule has 130 valence electrons. The monoisotopic (exact) mass is 357 g/mol. The number of hydrogen-bond acceptors (Lipinski definition) is 3. The standard InChI is InChI=1S/C18H10F3N3O2/c19-18(20,21)15-9-10-23(22-15)11-5-7-12(8-6-11)24-16(25)13-3-1-2-4-14(13)17(24)26/h1-10H. The normalized spacial score (nSPS) is 14.0. The first-order valence-electron chi connectivity index (χ1n) is 7.57. The van der Waals surface area contributed by atoms with Crippen molar-refractivity contribution in [3.05, 3.63) is 77.6 Å². The van der Waals surface area contributed by atoms with Gasteiger partial charge in [-0.2, -0.15) is 18.3 Å². The first-order chi connectivity index (χ1) is 12.4. The first-order valence-corrected chi connectivity index (χ1v) is 7.57. The number of carbonyl (C=O) groups excluding carboxylic acids is 2. The molecule has 2 heterocycles. The molecular formula is C18H10F3N3O2. The largest absolute Gasteiger partial charge is 0.435 e. The zero-order chi connectivity index (χ0) is 18.5. The molecule has 1 aromatic heterocycles.